The fourth-order valence-electron chi connectivity index (χ4n) is 2.25. The smallest absolute Gasteiger partial charge is 0.255 e. The summed E-state index contributed by atoms with van der Waals surface area (Å²) < 4.78 is 18.3. The Labute approximate surface area is 133 Å². The Hall–Kier alpha value is -2.71. The van der Waals surface area contributed by atoms with Crippen LogP contribution in [0.1, 0.15) is 21.6 Å². The van der Waals surface area contributed by atoms with Gasteiger partial charge in [-0.2, -0.15) is 0 Å². The number of morpholine rings is 1. The number of hydrogen-bond acceptors (Lipinski definition) is 3. The third kappa shape index (κ3) is 3.93. The second kappa shape index (κ2) is 7.03. The molecule has 0 N–H and O–H groups in total. The molecule has 0 aliphatic carbocycles. The maximum absolute atomic E-state index is 13.1. The highest BCUT2D eigenvalue weighted by atomic mass is 19.1. The van der Waals surface area contributed by atoms with Crippen LogP contribution in [0.25, 0.3) is 0 Å². The van der Waals surface area contributed by atoms with Crippen LogP contribution in [0.3, 0.4) is 0 Å². The van der Waals surface area contributed by atoms with E-state index in [2.05, 4.69) is 16.8 Å². The highest BCUT2D eigenvalue weighted by Gasteiger charge is 2.18. The van der Waals surface area contributed by atoms with Crippen LogP contribution in [0, 0.1) is 17.7 Å². The first-order valence-electron chi connectivity index (χ1n) is 7.33. The van der Waals surface area contributed by atoms with Crippen molar-refractivity contribution in [2.24, 2.45) is 0 Å². The van der Waals surface area contributed by atoms with Gasteiger partial charge in [0.1, 0.15) is 11.5 Å². The van der Waals surface area contributed by atoms with Gasteiger partial charge in [-0.15, -0.1) is 0 Å². The van der Waals surface area contributed by atoms with E-state index in [0.717, 1.165) is 0 Å². The predicted molar refractivity (Wildman–Crippen MR) is 83.3 cm³/mol. The molecule has 1 fully saturated rings. The minimum Gasteiger partial charge on any atom is -0.378 e. The van der Waals surface area contributed by atoms with Gasteiger partial charge in [0.25, 0.3) is 5.91 Å². The Balaban J connectivity index is 1.71. The molecule has 0 bridgehead atoms. The molecule has 116 valence electrons. The van der Waals surface area contributed by atoms with Gasteiger partial charge in [-0.25, -0.2) is 9.37 Å². The fraction of sp³-hybridized carbons (Fsp3) is 0.222. The zero-order valence-electron chi connectivity index (χ0n) is 12.5. The Morgan fingerprint density at radius 3 is 2.70 bits per heavy atom. The summed E-state index contributed by atoms with van der Waals surface area (Å²) >= 11 is 0. The molecular formula is C18H15FN2O2. The molecule has 1 aliphatic rings. The number of carbonyl (C=O) groups is 1. The molecule has 0 atom stereocenters. The van der Waals surface area contributed by atoms with E-state index >= 15 is 0 Å². The SMILES string of the molecule is O=C(c1ccc(C#Cc2cccc(F)c2)nc1)N1CCOCC1. The van der Waals surface area contributed by atoms with Crippen molar-refractivity contribution in [3.05, 3.63) is 65.2 Å². The van der Waals surface area contributed by atoms with Gasteiger partial charge in [0, 0.05) is 24.8 Å². The van der Waals surface area contributed by atoms with Gasteiger partial charge in [0.2, 0.25) is 0 Å². The van der Waals surface area contributed by atoms with Gasteiger partial charge in [-0.05, 0) is 36.3 Å². The highest BCUT2D eigenvalue weighted by Crippen LogP contribution is 2.07. The number of pyridine rings is 1. The van der Waals surface area contributed by atoms with Crippen LogP contribution in [0.2, 0.25) is 0 Å². The van der Waals surface area contributed by atoms with Gasteiger partial charge in [0.15, 0.2) is 0 Å². The summed E-state index contributed by atoms with van der Waals surface area (Å²) in [4.78, 5) is 18.2. The maximum atomic E-state index is 13.1. The summed E-state index contributed by atoms with van der Waals surface area (Å²) in [5.41, 5.74) is 1.65. The Morgan fingerprint density at radius 2 is 2.00 bits per heavy atom. The van der Waals surface area contributed by atoms with Gasteiger partial charge >= 0.3 is 0 Å². The zero-order chi connectivity index (χ0) is 16.1. The fourth-order valence-corrected chi connectivity index (χ4v) is 2.25. The van der Waals surface area contributed by atoms with Gasteiger partial charge < -0.3 is 9.64 Å². The molecule has 0 spiro atoms. The van der Waals surface area contributed by atoms with Crippen LogP contribution in [0.5, 0.6) is 0 Å². The van der Waals surface area contributed by atoms with E-state index in [1.807, 2.05) is 0 Å². The second-order valence-corrected chi connectivity index (χ2v) is 5.10. The van der Waals surface area contributed by atoms with Crippen molar-refractivity contribution >= 4 is 5.91 Å². The molecule has 0 radical (unpaired) electrons. The zero-order valence-corrected chi connectivity index (χ0v) is 12.5. The number of nitrogens with zero attached hydrogens (tertiary/aromatic N) is 2. The van der Waals surface area contributed by atoms with E-state index in [0.29, 0.717) is 43.1 Å². The standard InChI is InChI=1S/C18H15FN2O2/c19-16-3-1-2-14(12-16)4-6-17-7-5-15(13-20-17)18(22)21-8-10-23-11-9-21/h1-3,5,7,12-13H,8-11H2. The van der Waals surface area contributed by atoms with Crippen LogP contribution in [-0.4, -0.2) is 42.1 Å². The average Bonchev–Trinajstić information content (AvgIpc) is 2.61. The van der Waals surface area contributed by atoms with Crippen LogP contribution in [0.4, 0.5) is 4.39 Å². The lowest BCUT2D eigenvalue weighted by Crippen LogP contribution is -2.40. The molecule has 2 heterocycles. The van der Waals surface area contributed by atoms with E-state index in [4.69, 9.17) is 4.74 Å². The van der Waals surface area contributed by atoms with Crippen molar-refractivity contribution in [2.75, 3.05) is 26.3 Å². The summed E-state index contributed by atoms with van der Waals surface area (Å²) in [7, 11) is 0. The van der Waals surface area contributed by atoms with Gasteiger partial charge in [-0.3, -0.25) is 4.79 Å². The van der Waals surface area contributed by atoms with E-state index in [9.17, 15) is 9.18 Å². The summed E-state index contributed by atoms with van der Waals surface area (Å²) in [6, 6.07) is 9.47. The van der Waals surface area contributed by atoms with Crippen molar-refractivity contribution < 1.29 is 13.9 Å². The van der Waals surface area contributed by atoms with Crippen molar-refractivity contribution in [3.63, 3.8) is 0 Å². The molecule has 3 rings (SSSR count). The number of halogens is 1. The molecule has 5 heteroatoms. The van der Waals surface area contributed by atoms with E-state index in [-0.39, 0.29) is 11.7 Å². The van der Waals surface area contributed by atoms with Crippen LogP contribution in [-0.2, 0) is 4.74 Å². The maximum Gasteiger partial charge on any atom is 0.255 e. The summed E-state index contributed by atoms with van der Waals surface area (Å²) in [5, 5.41) is 0. The lowest BCUT2D eigenvalue weighted by molar-refractivity contribution is 0.0302. The number of aromatic nitrogens is 1. The molecule has 1 amide bonds. The van der Waals surface area contributed by atoms with Crippen LogP contribution < -0.4 is 0 Å². The van der Waals surface area contributed by atoms with Crippen molar-refractivity contribution in [1.82, 2.24) is 9.88 Å². The third-order valence-corrected chi connectivity index (χ3v) is 3.47. The molecule has 23 heavy (non-hydrogen) atoms. The predicted octanol–water partition coefficient (Wildman–Crippen LogP) is 2.09. The quantitative estimate of drug-likeness (QED) is 0.758. The van der Waals surface area contributed by atoms with Crippen LogP contribution >= 0.6 is 0 Å². The van der Waals surface area contributed by atoms with Gasteiger partial charge in [-0.1, -0.05) is 12.0 Å². The normalized spacial score (nSPS) is 14.0. The molecule has 2 aromatic rings. The second-order valence-electron chi connectivity index (χ2n) is 5.10. The molecular weight excluding hydrogens is 295 g/mol. The Morgan fingerprint density at radius 1 is 1.17 bits per heavy atom. The molecule has 4 nitrogen and oxygen atoms in total. The molecule has 0 saturated carbocycles. The Kier molecular flexibility index (Phi) is 4.65. The third-order valence-electron chi connectivity index (χ3n) is 3.47. The summed E-state index contributed by atoms with van der Waals surface area (Å²) in [5.74, 6) is 5.34. The number of ether oxygens (including phenoxy) is 1. The minimum atomic E-state index is -0.323. The lowest BCUT2D eigenvalue weighted by Gasteiger charge is -2.26. The van der Waals surface area contributed by atoms with Crippen molar-refractivity contribution in [3.8, 4) is 11.8 Å². The Bertz CT molecular complexity index is 757. The number of carbonyl (C=O) groups excluding carboxylic acids is 1. The number of amides is 1. The molecule has 1 aliphatic heterocycles. The highest BCUT2D eigenvalue weighted by molar-refractivity contribution is 5.94. The van der Waals surface area contributed by atoms with E-state index in [1.165, 1.54) is 18.3 Å². The first-order valence-corrected chi connectivity index (χ1v) is 7.33. The van der Waals surface area contributed by atoms with E-state index in [1.54, 1.807) is 29.2 Å². The average molecular weight is 310 g/mol. The summed E-state index contributed by atoms with van der Waals surface area (Å²) in [6.45, 7) is 2.33. The van der Waals surface area contributed by atoms with Gasteiger partial charge in [0.05, 0.1) is 18.8 Å². The summed E-state index contributed by atoms with van der Waals surface area (Å²) in [6.07, 6.45) is 1.52. The number of hydrogen-bond donors (Lipinski definition) is 0. The molecule has 1 aromatic heterocycles. The molecule has 1 aromatic carbocycles. The lowest BCUT2D eigenvalue weighted by atomic mass is 10.2. The molecule has 0 unspecified atom stereocenters. The first-order chi connectivity index (χ1) is 11.2. The first kappa shape index (κ1) is 15.2. The van der Waals surface area contributed by atoms with Crippen molar-refractivity contribution in [1.29, 1.82) is 0 Å². The largest absolute Gasteiger partial charge is 0.378 e. The van der Waals surface area contributed by atoms with Crippen molar-refractivity contribution in [2.45, 2.75) is 0 Å². The number of benzene rings is 1. The molecule has 1 saturated heterocycles. The van der Waals surface area contributed by atoms with E-state index < -0.39 is 0 Å². The monoisotopic (exact) mass is 310 g/mol. The number of rotatable bonds is 1. The topological polar surface area (TPSA) is 42.4 Å². The van der Waals surface area contributed by atoms with Crippen LogP contribution in [0.15, 0.2) is 42.6 Å². The minimum absolute atomic E-state index is 0.0505.